The van der Waals surface area contributed by atoms with Crippen molar-refractivity contribution in [3.05, 3.63) is 35.1 Å². The smallest absolute Gasteiger partial charge is 0.123 e. The second-order valence-electron chi connectivity index (χ2n) is 3.28. The van der Waals surface area contributed by atoms with Crippen molar-refractivity contribution in [2.24, 2.45) is 0 Å². The summed E-state index contributed by atoms with van der Waals surface area (Å²) in [7, 11) is 0. The zero-order valence-electron chi connectivity index (χ0n) is 6.60. The Balaban J connectivity index is 2.42. The summed E-state index contributed by atoms with van der Waals surface area (Å²) in [5, 5.41) is 0. The molecule has 0 saturated heterocycles. The van der Waals surface area contributed by atoms with Gasteiger partial charge in [0.15, 0.2) is 0 Å². The highest BCUT2D eigenvalue weighted by Gasteiger charge is 2.24. The van der Waals surface area contributed by atoms with Gasteiger partial charge in [-0.1, -0.05) is 6.07 Å². The summed E-state index contributed by atoms with van der Waals surface area (Å²) in [5.74, 6) is 0.559. The number of rotatable bonds is 1. The third-order valence-electron chi connectivity index (χ3n) is 2.26. The zero-order chi connectivity index (χ0) is 7.84. The molecule has 0 amide bonds. The molecule has 0 nitrogen and oxygen atoms in total. The van der Waals surface area contributed by atoms with Crippen molar-refractivity contribution in [3.63, 3.8) is 0 Å². The lowest BCUT2D eigenvalue weighted by molar-refractivity contribution is 0.625. The Labute approximate surface area is 66.1 Å². The molecule has 1 aliphatic carbocycles. The van der Waals surface area contributed by atoms with Gasteiger partial charge in [-0.15, -0.1) is 0 Å². The molecule has 1 aromatic carbocycles. The van der Waals surface area contributed by atoms with Crippen LogP contribution in [0.2, 0.25) is 0 Å². The molecular weight excluding hydrogens is 139 g/mol. The number of benzene rings is 1. The van der Waals surface area contributed by atoms with Gasteiger partial charge in [0, 0.05) is 0 Å². The maximum atomic E-state index is 12.7. The molecule has 11 heavy (non-hydrogen) atoms. The Hall–Kier alpha value is -0.850. The molecule has 1 aromatic rings. The number of halogens is 1. The van der Waals surface area contributed by atoms with Crippen molar-refractivity contribution < 1.29 is 4.39 Å². The van der Waals surface area contributed by atoms with Crippen LogP contribution < -0.4 is 0 Å². The van der Waals surface area contributed by atoms with E-state index in [2.05, 4.69) is 0 Å². The molecule has 2 rings (SSSR count). The van der Waals surface area contributed by atoms with Crippen molar-refractivity contribution in [2.45, 2.75) is 25.7 Å². The second kappa shape index (κ2) is 2.33. The summed E-state index contributed by atoms with van der Waals surface area (Å²) in [6, 6.07) is 5.07. The molecular formula is C10H11F. The molecule has 0 aliphatic heterocycles. The van der Waals surface area contributed by atoms with E-state index >= 15 is 0 Å². The molecule has 0 N–H and O–H groups in total. The number of hydrogen-bond donors (Lipinski definition) is 0. The minimum absolute atomic E-state index is 0.0995. The van der Waals surface area contributed by atoms with E-state index in [1.165, 1.54) is 30.0 Å². The summed E-state index contributed by atoms with van der Waals surface area (Å²) in [6.45, 7) is 2.05. The lowest BCUT2D eigenvalue weighted by Crippen LogP contribution is -1.86. The van der Waals surface area contributed by atoms with Gasteiger partial charge in [0.25, 0.3) is 0 Å². The highest BCUT2D eigenvalue weighted by molar-refractivity contribution is 5.32. The van der Waals surface area contributed by atoms with E-state index in [1.807, 2.05) is 13.0 Å². The standard InChI is InChI=1S/C10H11F/c1-7-2-5-9(11)6-10(7)8-3-4-8/h2,5-6,8H,3-4H2,1H3. The van der Waals surface area contributed by atoms with Crippen LogP contribution in [0.4, 0.5) is 4.39 Å². The van der Waals surface area contributed by atoms with Gasteiger partial charge < -0.3 is 0 Å². The molecule has 0 spiro atoms. The molecule has 58 valence electrons. The van der Waals surface area contributed by atoms with E-state index in [-0.39, 0.29) is 5.82 Å². The van der Waals surface area contributed by atoms with Crippen molar-refractivity contribution in [3.8, 4) is 0 Å². The molecule has 0 heterocycles. The fourth-order valence-corrected chi connectivity index (χ4v) is 1.45. The highest BCUT2D eigenvalue weighted by atomic mass is 19.1. The van der Waals surface area contributed by atoms with Crippen LogP contribution >= 0.6 is 0 Å². The topological polar surface area (TPSA) is 0 Å². The third kappa shape index (κ3) is 1.28. The summed E-state index contributed by atoms with van der Waals surface area (Å²) >= 11 is 0. The number of hydrogen-bond acceptors (Lipinski definition) is 0. The fourth-order valence-electron chi connectivity index (χ4n) is 1.45. The van der Waals surface area contributed by atoms with E-state index in [0.29, 0.717) is 5.92 Å². The van der Waals surface area contributed by atoms with Gasteiger partial charge in [-0.05, 0) is 48.9 Å². The van der Waals surface area contributed by atoms with Crippen molar-refractivity contribution in [1.82, 2.24) is 0 Å². The molecule has 1 saturated carbocycles. The van der Waals surface area contributed by atoms with Crippen molar-refractivity contribution in [2.75, 3.05) is 0 Å². The van der Waals surface area contributed by atoms with E-state index in [0.717, 1.165) is 0 Å². The zero-order valence-corrected chi connectivity index (χ0v) is 6.60. The SMILES string of the molecule is Cc1ccc(F)cc1C1CC1. The third-order valence-corrected chi connectivity index (χ3v) is 2.26. The second-order valence-corrected chi connectivity index (χ2v) is 3.28. The summed E-state index contributed by atoms with van der Waals surface area (Å²) in [4.78, 5) is 0. The first kappa shape index (κ1) is 6.84. The van der Waals surface area contributed by atoms with Gasteiger partial charge in [0.2, 0.25) is 0 Å². The van der Waals surface area contributed by atoms with Gasteiger partial charge in [-0.2, -0.15) is 0 Å². The summed E-state index contributed by atoms with van der Waals surface area (Å²) < 4.78 is 12.7. The van der Waals surface area contributed by atoms with E-state index in [9.17, 15) is 4.39 Å². The molecule has 0 aromatic heterocycles. The summed E-state index contributed by atoms with van der Waals surface area (Å²) in [6.07, 6.45) is 2.48. The van der Waals surface area contributed by atoms with E-state index < -0.39 is 0 Å². The van der Waals surface area contributed by atoms with Gasteiger partial charge in [-0.25, -0.2) is 4.39 Å². The van der Waals surface area contributed by atoms with Crippen LogP contribution in [0.5, 0.6) is 0 Å². The normalized spacial score (nSPS) is 16.9. The Morgan fingerprint density at radius 3 is 2.73 bits per heavy atom. The molecule has 0 atom stereocenters. The van der Waals surface area contributed by atoms with Crippen molar-refractivity contribution in [1.29, 1.82) is 0 Å². The highest BCUT2D eigenvalue weighted by Crippen LogP contribution is 2.41. The first-order valence-corrected chi connectivity index (χ1v) is 4.03. The van der Waals surface area contributed by atoms with Crippen LogP contribution in [0.1, 0.15) is 29.9 Å². The molecule has 1 fully saturated rings. The minimum atomic E-state index is -0.0995. The van der Waals surface area contributed by atoms with Crippen LogP contribution in [-0.4, -0.2) is 0 Å². The molecule has 0 bridgehead atoms. The van der Waals surface area contributed by atoms with Gasteiger partial charge >= 0.3 is 0 Å². The van der Waals surface area contributed by atoms with Crippen LogP contribution in [0.15, 0.2) is 18.2 Å². The first-order chi connectivity index (χ1) is 5.27. The molecule has 1 aliphatic rings. The Kier molecular flexibility index (Phi) is 1.45. The maximum Gasteiger partial charge on any atom is 0.123 e. The average molecular weight is 150 g/mol. The van der Waals surface area contributed by atoms with E-state index in [4.69, 9.17) is 0 Å². The Morgan fingerprint density at radius 2 is 2.09 bits per heavy atom. The predicted molar refractivity (Wildman–Crippen MR) is 43.1 cm³/mol. The number of aryl methyl sites for hydroxylation is 1. The van der Waals surface area contributed by atoms with Crippen LogP contribution in [0, 0.1) is 12.7 Å². The molecule has 0 radical (unpaired) electrons. The average Bonchev–Trinajstić information content (AvgIpc) is 2.76. The maximum absolute atomic E-state index is 12.7. The largest absolute Gasteiger partial charge is 0.207 e. The van der Waals surface area contributed by atoms with Crippen LogP contribution in [-0.2, 0) is 0 Å². The Morgan fingerprint density at radius 1 is 1.36 bits per heavy atom. The first-order valence-electron chi connectivity index (χ1n) is 4.03. The lowest BCUT2D eigenvalue weighted by Gasteiger charge is -2.02. The Bertz CT molecular complexity index is 274. The van der Waals surface area contributed by atoms with Crippen LogP contribution in [0.3, 0.4) is 0 Å². The monoisotopic (exact) mass is 150 g/mol. The summed E-state index contributed by atoms with van der Waals surface area (Å²) in [5.41, 5.74) is 2.44. The quantitative estimate of drug-likeness (QED) is 0.577. The van der Waals surface area contributed by atoms with E-state index in [1.54, 1.807) is 6.07 Å². The lowest BCUT2D eigenvalue weighted by atomic mass is 10.0. The van der Waals surface area contributed by atoms with Gasteiger partial charge in [-0.3, -0.25) is 0 Å². The molecule has 0 unspecified atom stereocenters. The minimum Gasteiger partial charge on any atom is -0.207 e. The predicted octanol–water partition coefficient (Wildman–Crippen LogP) is 3.01. The van der Waals surface area contributed by atoms with Crippen LogP contribution in [0.25, 0.3) is 0 Å². The molecule has 1 heteroatoms. The van der Waals surface area contributed by atoms with Gasteiger partial charge in [0.05, 0.1) is 0 Å². The van der Waals surface area contributed by atoms with Gasteiger partial charge in [0.1, 0.15) is 5.82 Å². The van der Waals surface area contributed by atoms with Crippen molar-refractivity contribution >= 4 is 0 Å². The fraction of sp³-hybridized carbons (Fsp3) is 0.400.